The predicted molar refractivity (Wildman–Crippen MR) is 89.8 cm³/mol. The highest BCUT2D eigenvalue weighted by Crippen LogP contribution is 2.35. The fraction of sp³-hybridized carbons (Fsp3) is 0.684. The first kappa shape index (κ1) is 16.4. The first-order chi connectivity index (χ1) is 10.1. The van der Waals surface area contributed by atoms with Gasteiger partial charge >= 0.3 is 0 Å². The topological polar surface area (TPSA) is 35.2 Å². The molecular formula is C19H31NO. The Labute approximate surface area is 130 Å². The third-order valence-corrected chi connectivity index (χ3v) is 5.01. The molecule has 2 N–H and O–H groups in total. The van der Waals surface area contributed by atoms with Gasteiger partial charge in [0.15, 0.2) is 0 Å². The second kappa shape index (κ2) is 7.31. The maximum atomic E-state index is 6.77. The number of ether oxygens (including phenoxy) is 1. The van der Waals surface area contributed by atoms with Gasteiger partial charge in [0, 0.05) is 5.54 Å². The van der Waals surface area contributed by atoms with Crippen LogP contribution in [0, 0.1) is 12.8 Å². The van der Waals surface area contributed by atoms with Gasteiger partial charge < -0.3 is 10.5 Å². The molecule has 118 valence electrons. The monoisotopic (exact) mass is 289 g/mol. The largest absolute Gasteiger partial charge is 0.496 e. The first-order valence-electron chi connectivity index (χ1n) is 8.49. The van der Waals surface area contributed by atoms with Crippen molar-refractivity contribution in [3.8, 4) is 5.75 Å². The van der Waals surface area contributed by atoms with Gasteiger partial charge in [-0.15, -0.1) is 0 Å². The third-order valence-electron chi connectivity index (χ3n) is 5.01. The molecule has 0 bridgehead atoms. The summed E-state index contributed by atoms with van der Waals surface area (Å²) in [7, 11) is 1.75. The normalized spacial score (nSPS) is 26.4. The summed E-state index contributed by atoms with van der Waals surface area (Å²) in [6.45, 7) is 4.43. The van der Waals surface area contributed by atoms with Gasteiger partial charge in [0.1, 0.15) is 5.75 Å². The van der Waals surface area contributed by atoms with E-state index in [4.69, 9.17) is 10.5 Å². The maximum Gasteiger partial charge on any atom is 0.122 e. The summed E-state index contributed by atoms with van der Waals surface area (Å²) >= 11 is 0. The van der Waals surface area contributed by atoms with E-state index in [9.17, 15) is 0 Å². The summed E-state index contributed by atoms with van der Waals surface area (Å²) in [6.07, 6.45) is 9.82. The summed E-state index contributed by atoms with van der Waals surface area (Å²) in [5.41, 5.74) is 9.27. The molecule has 1 aliphatic rings. The highest BCUT2D eigenvalue weighted by molar-refractivity contribution is 5.38. The molecule has 0 heterocycles. The van der Waals surface area contributed by atoms with Crippen LogP contribution in [0.3, 0.4) is 0 Å². The number of hydrogen-bond acceptors (Lipinski definition) is 2. The molecule has 0 saturated heterocycles. The molecule has 1 saturated carbocycles. The Balaban J connectivity index is 2.09. The smallest absolute Gasteiger partial charge is 0.122 e. The molecule has 1 aromatic rings. The second-order valence-electron chi connectivity index (χ2n) is 6.94. The number of benzene rings is 1. The van der Waals surface area contributed by atoms with Gasteiger partial charge in [-0.2, -0.15) is 0 Å². The van der Waals surface area contributed by atoms with E-state index in [1.54, 1.807) is 7.11 Å². The molecule has 1 aromatic carbocycles. The van der Waals surface area contributed by atoms with E-state index in [-0.39, 0.29) is 5.54 Å². The second-order valence-corrected chi connectivity index (χ2v) is 6.94. The lowest BCUT2D eigenvalue weighted by atomic mass is 9.83. The van der Waals surface area contributed by atoms with Crippen molar-refractivity contribution in [2.45, 2.75) is 70.8 Å². The lowest BCUT2D eigenvalue weighted by Gasteiger charge is -2.29. The highest BCUT2D eigenvalue weighted by atomic mass is 16.5. The van der Waals surface area contributed by atoms with Gasteiger partial charge in [0.05, 0.1) is 7.11 Å². The van der Waals surface area contributed by atoms with Crippen molar-refractivity contribution in [1.29, 1.82) is 0 Å². The quantitative estimate of drug-likeness (QED) is 0.802. The molecule has 0 aromatic heterocycles. The fourth-order valence-corrected chi connectivity index (χ4v) is 3.80. The Kier molecular flexibility index (Phi) is 5.69. The molecule has 2 heteroatoms. The predicted octanol–water partition coefficient (Wildman–Crippen LogP) is 4.62. The van der Waals surface area contributed by atoms with Crippen LogP contribution in [0.5, 0.6) is 5.75 Å². The van der Waals surface area contributed by atoms with Crippen LogP contribution in [0.25, 0.3) is 0 Å². The van der Waals surface area contributed by atoms with E-state index in [1.807, 2.05) is 0 Å². The van der Waals surface area contributed by atoms with Crippen molar-refractivity contribution in [2.75, 3.05) is 7.11 Å². The minimum atomic E-state index is -0.0520. The van der Waals surface area contributed by atoms with E-state index < -0.39 is 0 Å². The molecule has 0 spiro atoms. The van der Waals surface area contributed by atoms with Crippen molar-refractivity contribution in [3.05, 3.63) is 29.3 Å². The van der Waals surface area contributed by atoms with Crippen LogP contribution in [0.1, 0.15) is 63.0 Å². The van der Waals surface area contributed by atoms with Crippen molar-refractivity contribution >= 4 is 0 Å². The summed E-state index contributed by atoms with van der Waals surface area (Å²) < 4.78 is 5.52. The molecule has 1 aliphatic carbocycles. The van der Waals surface area contributed by atoms with E-state index >= 15 is 0 Å². The van der Waals surface area contributed by atoms with Crippen LogP contribution in [0.4, 0.5) is 0 Å². The number of rotatable bonds is 5. The number of hydrogen-bond donors (Lipinski definition) is 1. The fourth-order valence-electron chi connectivity index (χ4n) is 3.80. The standard InChI is InChI=1S/C19H31NO/c1-4-6-16-7-5-11-19(20,12-10-16)14-17-13-15(2)8-9-18(17)21-3/h8-9,13,16H,4-7,10-12,14,20H2,1-3H3. The van der Waals surface area contributed by atoms with Gasteiger partial charge in [0.2, 0.25) is 0 Å². The molecule has 2 rings (SSSR count). The Hall–Kier alpha value is -1.02. The number of aryl methyl sites for hydroxylation is 1. The minimum absolute atomic E-state index is 0.0520. The Morgan fingerprint density at radius 2 is 2.10 bits per heavy atom. The SMILES string of the molecule is CCCC1CCCC(N)(Cc2cc(C)ccc2OC)CC1. The number of methoxy groups -OCH3 is 1. The lowest BCUT2D eigenvalue weighted by Crippen LogP contribution is -2.41. The van der Waals surface area contributed by atoms with E-state index in [2.05, 4.69) is 32.0 Å². The highest BCUT2D eigenvalue weighted by Gasteiger charge is 2.30. The van der Waals surface area contributed by atoms with Gasteiger partial charge in [-0.3, -0.25) is 0 Å². The van der Waals surface area contributed by atoms with Crippen molar-refractivity contribution in [1.82, 2.24) is 0 Å². The van der Waals surface area contributed by atoms with Crippen LogP contribution >= 0.6 is 0 Å². The Morgan fingerprint density at radius 3 is 2.81 bits per heavy atom. The summed E-state index contributed by atoms with van der Waals surface area (Å²) in [6, 6.07) is 6.42. The zero-order chi connectivity index (χ0) is 15.3. The van der Waals surface area contributed by atoms with Gasteiger partial charge in [0.25, 0.3) is 0 Å². The summed E-state index contributed by atoms with van der Waals surface area (Å²) in [4.78, 5) is 0. The van der Waals surface area contributed by atoms with E-state index in [0.717, 1.165) is 30.9 Å². The third kappa shape index (κ3) is 4.47. The molecule has 2 atom stereocenters. The van der Waals surface area contributed by atoms with Gasteiger partial charge in [-0.1, -0.05) is 50.3 Å². The van der Waals surface area contributed by atoms with E-state index in [1.165, 1.54) is 43.2 Å². The first-order valence-corrected chi connectivity index (χ1v) is 8.49. The molecule has 0 radical (unpaired) electrons. The van der Waals surface area contributed by atoms with Crippen molar-refractivity contribution in [2.24, 2.45) is 11.7 Å². The van der Waals surface area contributed by atoms with Crippen LogP contribution in [0.2, 0.25) is 0 Å². The summed E-state index contributed by atoms with van der Waals surface area (Å²) in [5, 5.41) is 0. The molecule has 0 amide bonds. The van der Waals surface area contributed by atoms with Crippen LogP contribution in [-0.2, 0) is 6.42 Å². The number of nitrogens with two attached hydrogens (primary N) is 1. The molecular weight excluding hydrogens is 258 g/mol. The minimum Gasteiger partial charge on any atom is -0.496 e. The van der Waals surface area contributed by atoms with Crippen LogP contribution in [-0.4, -0.2) is 12.6 Å². The van der Waals surface area contributed by atoms with E-state index in [0.29, 0.717) is 0 Å². The average Bonchev–Trinajstić information content (AvgIpc) is 2.62. The zero-order valence-corrected chi connectivity index (χ0v) is 14.0. The average molecular weight is 289 g/mol. The van der Waals surface area contributed by atoms with Crippen molar-refractivity contribution in [3.63, 3.8) is 0 Å². The van der Waals surface area contributed by atoms with Crippen molar-refractivity contribution < 1.29 is 4.74 Å². The van der Waals surface area contributed by atoms with Gasteiger partial charge in [-0.25, -0.2) is 0 Å². The Bertz CT molecular complexity index is 457. The maximum absolute atomic E-state index is 6.77. The zero-order valence-electron chi connectivity index (χ0n) is 14.0. The lowest BCUT2D eigenvalue weighted by molar-refractivity contribution is 0.345. The van der Waals surface area contributed by atoms with Crippen LogP contribution < -0.4 is 10.5 Å². The molecule has 2 unspecified atom stereocenters. The van der Waals surface area contributed by atoms with Crippen LogP contribution in [0.15, 0.2) is 18.2 Å². The molecule has 1 fully saturated rings. The molecule has 21 heavy (non-hydrogen) atoms. The Morgan fingerprint density at radius 1 is 1.29 bits per heavy atom. The van der Waals surface area contributed by atoms with Gasteiger partial charge in [-0.05, 0) is 50.2 Å². The molecule has 2 nitrogen and oxygen atoms in total. The molecule has 0 aliphatic heterocycles. The summed E-state index contributed by atoms with van der Waals surface area (Å²) in [5.74, 6) is 1.87.